The molecule has 0 aromatic heterocycles. The molecular formula is C16H17Cl2NO3. The smallest absolute Gasteiger partial charge is 0.310 e. The van der Waals surface area contributed by atoms with Gasteiger partial charge in [0.1, 0.15) is 0 Å². The molecule has 0 spiro atoms. The Bertz CT molecular complexity index is 581. The summed E-state index contributed by atoms with van der Waals surface area (Å²) in [7, 11) is 0. The molecule has 0 unspecified atom stereocenters. The third-order valence-electron chi connectivity index (χ3n) is 3.39. The molecule has 0 aliphatic heterocycles. The average molecular weight is 342 g/mol. The van der Waals surface area contributed by atoms with Crippen molar-refractivity contribution >= 4 is 40.8 Å². The van der Waals surface area contributed by atoms with Gasteiger partial charge in [-0.1, -0.05) is 35.4 Å². The van der Waals surface area contributed by atoms with Crippen molar-refractivity contribution < 1.29 is 14.3 Å². The zero-order valence-corrected chi connectivity index (χ0v) is 13.7. The topological polar surface area (TPSA) is 55.4 Å². The number of ether oxygens (including phenoxy) is 1. The van der Waals surface area contributed by atoms with Gasteiger partial charge in [-0.15, -0.1) is 0 Å². The van der Waals surface area contributed by atoms with E-state index < -0.39 is 12.0 Å². The van der Waals surface area contributed by atoms with Gasteiger partial charge in [-0.3, -0.25) is 9.59 Å². The number of amides is 1. The van der Waals surface area contributed by atoms with Crippen molar-refractivity contribution in [1.82, 2.24) is 0 Å². The SMILES string of the molecule is C[C@H](OC(=O)[C@@H]1CC=CCC1)C(=O)Nc1cc(Cl)cc(Cl)c1. The standard InChI is InChI=1S/C16H17Cl2NO3/c1-10(22-16(21)11-5-3-2-4-6-11)15(20)19-14-8-12(17)7-13(18)9-14/h2-3,7-11H,4-6H2,1H3,(H,19,20)/t10-,11+/m0/s1. The van der Waals surface area contributed by atoms with Gasteiger partial charge in [0, 0.05) is 15.7 Å². The molecular weight excluding hydrogens is 325 g/mol. The molecule has 2 atom stereocenters. The van der Waals surface area contributed by atoms with E-state index in [-0.39, 0.29) is 11.9 Å². The van der Waals surface area contributed by atoms with Crippen LogP contribution in [-0.4, -0.2) is 18.0 Å². The van der Waals surface area contributed by atoms with E-state index in [0.717, 1.165) is 12.8 Å². The van der Waals surface area contributed by atoms with Crippen LogP contribution < -0.4 is 5.32 Å². The number of halogens is 2. The molecule has 0 radical (unpaired) electrons. The second kappa shape index (κ2) is 7.65. The van der Waals surface area contributed by atoms with Crippen molar-refractivity contribution in [3.63, 3.8) is 0 Å². The molecule has 2 rings (SSSR count). The van der Waals surface area contributed by atoms with E-state index in [0.29, 0.717) is 22.2 Å². The van der Waals surface area contributed by atoms with E-state index in [1.54, 1.807) is 18.2 Å². The van der Waals surface area contributed by atoms with Gasteiger partial charge in [0.15, 0.2) is 6.10 Å². The Hall–Kier alpha value is -1.52. The number of allylic oxidation sites excluding steroid dienone is 2. The summed E-state index contributed by atoms with van der Waals surface area (Å²) < 4.78 is 5.23. The fourth-order valence-electron chi connectivity index (χ4n) is 2.20. The van der Waals surface area contributed by atoms with E-state index in [1.807, 2.05) is 12.2 Å². The van der Waals surface area contributed by atoms with Crippen molar-refractivity contribution in [3.8, 4) is 0 Å². The number of carbonyl (C=O) groups is 2. The van der Waals surface area contributed by atoms with Crippen molar-refractivity contribution in [3.05, 3.63) is 40.4 Å². The third kappa shape index (κ3) is 4.75. The number of benzene rings is 1. The monoisotopic (exact) mass is 341 g/mol. The summed E-state index contributed by atoms with van der Waals surface area (Å²) in [5.41, 5.74) is 0.464. The van der Waals surface area contributed by atoms with Gasteiger partial charge in [-0.25, -0.2) is 0 Å². The highest BCUT2D eigenvalue weighted by molar-refractivity contribution is 6.35. The fourth-order valence-corrected chi connectivity index (χ4v) is 2.73. The summed E-state index contributed by atoms with van der Waals surface area (Å²) >= 11 is 11.7. The van der Waals surface area contributed by atoms with Gasteiger partial charge < -0.3 is 10.1 Å². The number of hydrogen-bond donors (Lipinski definition) is 1. The van der Waals surface area contributed by atoms with Crippen LogP contribution in [0.5, 0.6) is 0 Å². The van der Waals surface area contributed by atoms with Crippen molar-refractivity contribution in [2.45, 2.75) is 32.3 Å². The van der Waals surface area contributed by atoms with E-state index in [9.17, 15) is 9.59 Å². The van der Waals surface area contributed by atoms with Crippen LogP contribution in [0.3, 0.4) is 0 Å². The van der Waals surface area contributed by atoms with Crippen LogP contribution in [0.4, 0.5) is 5.69 Å². The van der Waals surface area contributed by atoms with Gasteiger partial charge in [0.05, 0.1) is 5.92 Å². The van der Waals surface area contributed by atoms with Crippen LogP contribution in [-0.2, 0) is 14.3 Å². The second-order valence-electron chi connectivity index (χ2n) is 5.21. The summed E-state index contributed by atoms with van der Waals surface area (Å²) in [6.07, 6.45) is 5.42. The minimum atomic E-state index is -0.879. The van der Waals surface area contributed by atoms with E-state index in [2.05, 4.69) is 5.32 Å². The highest BCUT2D eigenvalue weighted by Crippen LogP contribution is 2.23. The van der Waals surface area contributed by atoms with Crippen LogP contribution in [0.25, 0.3) is 0 Å². The van der Waals surface area contributed by atoms with Crippen molar-refractivity contribution in [2.75, 3.05) is 5.32 Å². The fraction of sp³-hybridized carbons (Fsp3) is 0.375. The maximum Gasteiger partial charge on any atom is 0.310 e. The first kappa shape index (κ1) is 16.8. The molecule has 1 aromatic carbocycles. The molecule has 1 amide bonds. The van der Waals surface area contributed by atoms with Gasteiger partial charge in [0.25, 0.3) is 5.91 Å². The molecule has 118 valence electrons. The number of nitrogens with one attached hydrogen (secondary N) is 1. The van der Waals surface area contributed by atoms with Crippen LogP contribution >= 0.6 is 23.2 Å². The molecule has 22 heavy (non-hydrogen) atoms. The van der Waals surface area contributed by atoms with Crippen LogP contribution in [0, 0.1) is 5.92 Å². The van der Waals surface area contributed by atoms with Gasteiger partial charge in [0.2, 0.25) is 0 Å². The molecule has 1 aromatic rings. The molecule has 0 bridgehead atoms. The van der Waals surface area contributed by atoms with Crippen LogP contribution in [0.15, 0.2) is 30.4 Å². The summed E-state index contributed by atoms with van der Waals surface area (Å²) in [5, 5.41) is 3.47. The van der Waals surface area contributed by atoms with Crippen LogP contribution in [0.2, 0.25) is 10.0 Å². The quantitative estimate of drug-likeness (QED) is 0.658. The summed E-state index contributed by atoms with van der Waals surface area (Å²) in [4.78, 5) is 24.1. The molecule has 1 aliphatic carbocycles. The first-order valence-electron chi connectivity index (χ1n) is 7.08. The lowest BCUT2D eigenvalue weighted by Gasteiger charge is -2.19. The lowest BCUT2D eigenvalue weighted by molar-refractivity contribution is -0.157. The first-order chi connectivity index (χ1) is 10.5. The zero-order chi connectivity index (χ0) is 16.1. The number of anilines is 1. The Morgan fingerprint density at radius 1 is 1.23 bits per heavy atom. The van der Waals surface area contributed by atoms with Gasteiger partial charge in [-0.05, 0) is 44.4 Å². The largest absolute Gasteiger partial charge is 0.452 e. The normalized spacial score (nSPS) is 18.6. The minimum Gasteiger partial charge on any atom is -0.452 e. The molecule has 0 fully saturated rings. The lowest BCUT2D eigenvalue weighted by Crippen LogP contribution is -2.32. The highest BCUT2D eigenvalue weighted by atomic mass is 35.5. The maximum absolute atomic E-state index is 12.1. The lowest BCUT2D eigenvalue weighted by atomic mass is 9.95. The Morgan fingerprint density at radius 2 is 1.91 bits per heavy atom. The molecule has 4 nitrogen and oxygen atoms in total. The molecule has 0 heterocycles. The van der Waals surface area contributed by atoms with Crippen molar-refractivity contribution in [1.29, 1.82) is 0 Å². The average Bonchev–Trinajstić information content (AvgIpc) is 2.46. The Kier molecular flexibility index (Phi) is 5.86. The summed E-state index contributed by atoms with van der Waals surface area (Å²) in [6.45, 7) is 1.54. The van der Waals surface area contributed by atoms with E-state index in [1.165, 1.54) is 6.92 Å². The molecule has 0 saturated carbocycles. The Balaban J connectivity index is 1.91. The summed E-state index contributed by atoms with van der Waals surface area (Å²) in [6, 6.07) is 4.72. The number of hydrogen-bond acceptors (Lipinski definition) is 3. The molecule has 6 heteroatoms. The molecule has 0 saturated heterocycles. The van der Waals surface area contributed by atoms with Gasteiger partial charge >= 0.3 is 5.97 Å². The zero-order valence-electron chi connectivity index (χ0n) is 12.1. The maximum atomic E-state index is 12.1. The first-order valence-corrected chi connectivity index (χ1v) is 7.84. The second-order valence-corrected chi connectivity index (χ2v) is 6.08. The van der Waals surface area contributed by atoms with Crippen molar-refractivity contribution in [2.24, 2.45) is 5.92 Å². The van der Waals surface area contributed by atoms with E-state index in [4.69, 9.17) is 27.9 Å². The predicted octanol–water partition coefficient (Wildman–Crippen LogP) is 4.22. The molecule has 1 N–H and O–H groups in total. The summed E-state index contributed by atoms with van der Waals surface area (Å²) in [5.74, 6) is -0.921. The van der Waals surface area contributed by atoms with Gasteiger partial charge in [-0.2, -0.15) is 0 Å². The number of esters is 1. The third-order valence-corrected chi connectivity index (χ3v) is 3.83. The van der Waals surface area contributed by atoms with Crippen LogP contribution in [0.1, 0.15) is 26.2 Å². The predicted molar refractivity (Wildman–Crippen MR) is 87.1 cm³/mol. The van der Waals surface area contributed by atoms with E-state index >= 15 is 0 Å². The number of carbonyl (C=O) groups excluding carboxylic acids is 2. The Morgan fingerprint density at radius 3 is 2.50 bits per heavy atom. The molecule has 1 aliphatic rings. The highest BCUT2D eigenvalue weighted by Gasteiger charge is 2.25. The Labute approximate surface area is 139 Å². The minimum absolute atomic E-state index is 0.166. The number of rotatable bonds is 4.